The largest absolute Gasteiger partial charge is 0.332 e. The molecular weight excluding hydrogens is 456 g/mol. The van der Waals surface area contributed by atoms with E-state index in [2.05, 4.69) is 10.6 Å². The Morgan fingerprint density at radius 1 is 0.971 bits per heavy atom. The molecule has 0 radical (unpaired) electrons. The van der Waals surface area contributed by atoms with Gasteiger partial charge in [0, 0.05) is 11.3 Å². The number of amides is 1. The van der Waals surface area contributed by atoms with E-state index in [0.29, 0.717) is 23.1 Å². The van der Waals surface area contributed by atoms with E-state index < -0.39 is 6.04 Å². The Hall–Kier alpha value is -3.84. The van der Waals surface area contributed by atoms with Gasteiger partial charge in [0.1, 0.15) is 11.9 Å². The minimum Gasteiger partial charge on any atom is -0.332 e. The summed E-state index contributed by atoms with van der Waals surface area (Å²) in [5.41, 5.74) is 2.91. The summed E-state index contributed by atoms with van der Waals surface area (Å²) in [7, 11) is 0. The fraction of sp³-hybridized carbons (Fsp3) is 0.214. The lowest BCUT2D eigenvalue weighted by molar-refractivity contribution is -0.123. The molecule has 4 aromatic rings. The molecular formula is C28H28N4O2S. The SMILES string of the molecule is Cc1ccccc1NC(=S)NC(=O)C(CC(C)C)n1c(-c2ccccc2)nc2ccccc2c1=O. The average Bonchev–Trinajstić information content (AvgIpc) is 2.84. The third-order valence-electron chi connectivity index (χ3n) is 5.78. The number of thiocarbonyl (C=S) groups is 1. The van der Waals surface area contributed by atoms with E-state index in [9.17, 15) is 9.59 Å². The lowest BCUT2D eigenvalue weighted by Gasteiger charge is -2.24. The average molecular weight is 485 g/mol. The van der Waals surface area contributed by atoms with Crippen molar-refractivity contribution in [2.24, 2.45) is 5.92 Å². The fourth-order valence-electron chi connectivity index (χ4n) is 4.06. The van der Waals surface area contributed by atoms with Crippen LogP contribution in [0.25, 0.3) is 22.3 Å². The van der Waals surface area contributed by atoms with Crippen LogP contribution in [0.4, 0.5) is 5.69 Å². The number of benzene rings is 3. The van der Waals surface area contributed by atoms with Crippen molar-refractivity contribution < 1.29 is 4.79 Å². The number of para-hydroxylation sites is 2. The summed E-state index contributed by atoms with van der Waals surface area (Å²) in [4.78, 5) is 32.2. The normalized spacial score (nSPS) is 11.9. The number of rotatable bonds is 6. The van der Waals surface area contributed by atoms with Gasteiger partial charge in [-0.2, -0.15) is 0 Å². The first-order valence-electron chi connectivity index (χ1n) is 11.6. The molecule has 35 heavy (non-hydrogen) atoms. The summed E-state index contributed by atoms with van der Waals surface area (Å²) >= 11 is 5.44. The third-order valence-corrected chi connectivity index (χ3v) is 5.98. The number of nitrogens with one attached hydrogen (secondary N) is 2. The van der Waals surface area contributed by atoms with Crippen molar-refractivity contribution in [1.29, 1.82) is 0 Å². The highest BCUT2D eigenvalue weighted by Crippen LogP contribution is 2.26. The van der Waals surface area contributed by atoms with Crippen LogP contribution >= 0.6 is 12.2 Å². The molecule has 1 heterocycles. The Bertz CT molecular complexity index is 1430. The lowest BCUT2D eigenvalue weighted by atomic mass is 10.0. The number of hydrogen-bond acceptors (Lipinski definition) is 4. The van der Waals surface area contributed by atoms with Gasteiger partial charge in [0.05, 0.1) is 10.9 Å². The molecule has 0 saturated heterocycles. The minimum absolute atomic E-state index is 0.144. The molecule has 0 aliphatic carbocycles. The molecule has 7 heteroatoms. The maximum Gasteiger partial charge on any atom is 0.262 e. The second-order valence-electron chi connectivity index (χ2n) is 8.90. The molecule has 1 aromatic heterocycles. The second-order valence-corrected chi connectivity index (χ2v) is 9.31. The minimum atomic E-state index is -0.800. The van der Waals surface area contributed by atoms with E-state index in [1.807, 2.05) is 87.5 Å². The molecule has 0 aliphatic rings. The zero-order valence-electron chi connectivity index (χ0n) is 20.0. The Morgan fingerprint density at radius 2 is 1.63 bits per heavy atom. The maximum atomic E-state index is 13.8. The molecule has 1 amide bonds. The summed E-state index contributed by atoms with van der Waals surface area (Å²) in [6, 6.07) is 23.6. The molecule has 0 fully saturated rings. The second kappa shape index (κ2) is 10.6. The number of nitrogens with zero attached hydrogens (tertiary/aromatic N) is 2. The highest BCUT2D eigenvalue weighted by Gasteiger charge is 2.28. The van der Waals surface area contributed by atoms with Crippen LogP contribution in [0.1, 0.15) is 31.9 Å². The van der Waals surface area contributed by atoms with Gasteiger partial charge in [-0.3, -0.25) is 14.2 Å². The monoisotopic (exact) mass is 484 g/mol. The highest BCUT2D eigenvalue weighted by atomic mass is 32.1. The summed E-state index contributed by atoms with van der Waals surface area (Å²) in [5.74, 6) is 0.236. The Morgan fingerprint density at radius 3 is 2.34 bits per heavy atom. The van der Waals surface area contributed by atoms with Gasteiger partial charge in [0.15, 0.2) is 5.11 Å². The predicted octanol–water partition coefficient (Wildman–Crippen LogP) is 5.47. The predicted molar refractivity (Wildman–Crippen MR) is 145 cm³/mol. The topological polar surface area (TPSA) is 76.0 Å². The van der Waals surface area contributed by atoms with Gasteiger partial charge in [-0.15, -0.1) is 0 Å². The molecule has 3 aromatic carbocycles. The Kier molecular flexibility index (Phi) is 7.36. The lowest BCUT2D eigenvalue weighted by Crippen LogP contribution is -2.43. The van der Waals surface area contributed by atoms with E-state index in [0.717, 1.165) is 16.8 Å². The van der Waals surface area contributed by atoms with E-state index >= 15 is 0 Å². The summed E-state index contributed by atoms with van der Waals surface area (Å²) < 4.78 is 1.52. The molecule has 6 nitrogen and oxygen atoms in total. The molecule has 0 saturated carbocycles. The number of carbonyl (C=O) groups is 1. The zero-order valence-corrected chi connectivity index (χ0v) is 20.8. The van der Waals surface area contributed by atoms with Crippen LogP contribution in [0, 0.1) is 12.8 Å². The fourth-order valence-corrected chi connectivity index (χ4v) is 4.27. The number of aryl methyl sites for hydroxylation is 1. The number of fused-ring (bicyclic) bond motifs is 1. The van der Waals surface area contributed by atoms with Gasteiger partial charge in [-0.05, 0) is 55.2 Å². The van der Waals surface area contributed by atoms with Crippen molar-refractivity contribution >= 4 is 39.8 Å². The zero-order chi connectivity index (χ0) is 24.9. The van der Waals surface area contributed by atoms with Crippen LogP contribution in [0.3, 0.4) is 0 Å². The van der Waals surface area contributed by atoms with Gasteiger partial charge in [-0.1, -0.05) is 74.5 Å². The summed E-state index contributed by atoms with van der Waals surface area (Å²) in [6.45, 7) is 6.00. The van der Waals surface area contributed by atoms with Crippen molar-refractivity contribution in [1.82, 2.24) is 14.9 Å². The van der Waals surface area contributed by atoms with Gasteiger partial charge in [-0.25, -0.2) is 4.98 Å². The van der Waals surface area contributed by atoms with Crippen molar-refractivity contribution in [2.75, 3.05) is 5.32 Å². The maximum absolute atomic E-state index is 13.8. The molecule has 2 N–H and O–H groups in total. The van der Waals surface area contributed by atoms with Gasteiger partial charge in [0.25, 0.3) is 5.56 Å². The molecule has 178 valence electrons. The standard InChI is InChI=1S/C28H28N4O2S/c1-18(2)17-24(26(33)31-28(35)30-22-15-9-7-11-19(22)3)32-25(20-12-5-4-6-13-20)29-23-16-10-8-14-21(23)27(32)34/h4-16,18,24H,17H2,1-3H3,(H2,30,31,33,35). The van der Waals surface area contributed by atoms with Crippen molar-refractivity contribution in [3.63, 3.8) is 0 Å². The molecule has 4 rings (SSSR count). The van der Waals surface area contributed by atoms with Crippen LogP contribution in [0.5, 0.6) is 0 Å². The Labute approximate surface area is 210 Å². The van der Waals surface area contributed by atoms with E-state index in [-0.39, 0.29) is 22.5 Å². The molecule has 0 bridgehead atoms. The number of carbonyl (C=O) groups excluding carboxylic acids is 1. The third kappa shape index (κ3) is 5.46. The van der Waals surface area contributed by atoms with Crippen LogP contribution < -0.4 is 16.2 Å². The first kappa shape index (κ1) is 24.3. The molecule has 0 spiro atoms. The van der Waals surface area contributed by atoms with Crippen LogP contribution in [0.15, 0.2) is 83.7 Å². The van der Waals surface area contributed by atoms with E-state index in [4.69, 9.17) is 17.2 Å². The van der Waals surface area contributed by atoms with Gasteiger partial charge >= 0.3 is 0 Å². The van der Waals surface area contributed by atoms with Gasteiger partial charge < -0.3 is 10.6 Å². The van der Waals surface area contributed by atoms with E-state index in [1.165, 1.54) is 4.57 Å². The highest BCUT2D eigenvalue weighted by molar-refractivity contribution is 7.80. The molecule has 0 aliphatic heterocycles. The van der Waals surface area contributed by atoms with Crippen LogP contribution in [-0.4, -0.2) is 20.6 Å². The van der Waals surface area contributed by atoms with Crippen molar-refractivity contribution in [3.8, 4) is 11.4 Å². The first-order valence-corrected chi connectivity index (χ1v) is 12.0. The molecule has 1 atom stereocenters. The van der Waals surface area contributed by atoms with Gasteiger partial charge in [0.2, 0.25) is 5.91 Å². The first-order chi connectivity index (χ1) is 16.8. The van der Waals surface area contributed by atoms with E-state index in [1.54, 1.807) is 12.1 Å². The van der Waals surface area contributed by atoms with Crippen LogP contribution in [-0.2, 0) is 4.79 Å². The smallest absolute Gasteiger partial charge is 0.262 e. The number of aromatic nitrogens is 2. The van der Waals surface area contributed by atoms with Crippen LogP contribution in [0.2, 0.25) is 0 Å². The summed E-state index contributed by atoms with van der Waals surface area (Å²) in [6.07, 6.45) is 0.443. The number of anilines is 1. The Balaban J connectivity index is 1.78. The molecule has 1 unspecified atom stereocenters. The number of hydrogen-bond donors (Lipinski definition) is 2. The van der Waals surface area contributed by atoms with Crippen molar-refractivity contribution in [3.05, 3.63) is 94.8 Å². The summed E-state index contributed by atoms with van der Waals surface area (Å²) in [5, 5.41) is 6.54. The quantitative estimate of drug-likeness (QED) is 0.355. The van der Waals surface area contributed by atoms with Crippen molar-refractivity contribution in [2.45, 2.75) is 33.2 Å².